The second kappa shape index (κ2) is 71.6. The number of rotatable bonds is 26. The molecule has 0 saturated heterocycles. The van der Waals surface area contributed by atoms with Gasteiger partial charge in [0, 0.05) is 0 Å². The van der Waals surface area contributed by atoms with Crippen LogP contribution >= 0.6 is 0 Å². The van der Waals surface area contributed by atoms with E-state index in [0.29, 0.717) is 0 Å². The van der Waals surface area contributed by atoms with E-state index in [1.807, 2.05) is 0 Å². The van der Waals surface area contributed by atoms with Crippen molar-refractivity contribution in [3.8, 4) is 0 Å². The third-order valence-electron chi connectivity index (χ3n) is 8.90. The minimum absolute atomic E-state index is 0. The second-order valence-electron chi connectivity index (χ2n) is 39.9. The Bertz CT molecular complexity index is 1230. The van der Waals surface area contributed by atoms with E-state index in [4.69, 9.17) is 32.5 Å². The summed E-state index contributed by atoms with van der Waals surface area (Å²) >= 11 is 0. The smallest absolute Gasteiger partial charge is 1.00 e. The number of nitrogens with zero attached hydrogens (tertiary/aromatic N) is 7. The van der Waals surface area contributed by atoms with Gasteiger partial charge in [-0.05, 0) is 0 Å². The zero-order valence-electron chi connectivity index (χ0n) is 79.2. The number of hydrogen-bond acceptors (Lipinski definition) is 0. The Morgan fingerprint density at radius 3 is 0.240 bits per heavy atom. The molecule has 0 aromatic heterocycles. The predicted octanol–water partition coefficient (Wildman–Crippen LogP) is -14.2. The standard InChI is InChI=1S/2C9H23N3.7C6H18NSi2.HI.8Na/c2*1-10(2)6-8-12(5)9-7-11(3)4;7*1-8(2,3)7-9(4,5)6;;;;;;;;;/h2*6-9H2,1-5H3;7*1-6H3;1H;;;;;;;;/q;;7*-1;;8*+1/p+5. The van der Waals surface area contributed by atoms with Crippen molar-refractivity contribution in [1.82, 2.24) is 0 Å². The molecule has 0 saturated carbocycles. The molecule has 0 atom stereocenters. The zero-order chi connectivity index (χ0) is 73.1. The molecule has 0 bridgehead atoms. The van der Waals surface area contributed by atoms with Crippen molar-refractivity contribution >= 4 is 115 Å². The van der Waals surface area contributed by atoms with Gasteiger partial charge in [-0.25, -0.2) is 0 Å². The van der Waals surface area contributed by atoms with Crippen LogP contribution in [0.5, 0.6) is 0 Å². The van der Waals surface area contributed by atoms with Crippen LogP contribution in [-0.4, -0.2) is 238 Å². The summed E-state index contributed by atoms with van der Waals surface area (Å²) in [4.78, 5) is 9.49. The minimum Gasteiger partial charge on any atom is -1.00 e. The molecule has 0 aliphatic rings. The third kappa shape index (κ3) is 213. The summed E-state index contributed by atoms with van der Waals surface area (Å²) in [6.45, 7) is 107. The number of nitrogens with one attached hydrogen (secondary N) is 6. The molecule has 0 fully saturated rings. The first-order valence-electron chi connectivity index (χ1n) is 34.0. The van der Waals surface area contributed by atoms with Crippen LogP contribution in [0.4, 0.5) is 0 Å². The van der Waals surface area contributed by atoms with Gasteiger partial charge in [0.2, 0.25) is 0 Å². The van der Waals surface area contributed by atoms with Crippen LogP contribution in [0.2, 0.25) is 275 Å². The maximum Gasteiger partial charge on any atom is 1.00 e. The number of quaternary nitrogens is 6. The van der Waals surface area contributed by atoms with Gasteiger partial charge in [-0.1, -0.05) is 390 Å². The van der Waals surface area contributed by atoms with Gasteiger partial charge in [-0.2, -0.15) is 0 Å². The first kappa shape index (κ1) is 152. The molecule has 548 valence electrons. The topological polar surface area (TPSA) is 125 Å². The van der Waals surface area contributed by atoms with Crippen LogP contribution in [0.3, 0.4) is 0 Å². The van der Waals surface area contributed by atoms with Crippen molar-refractivity contribution in [3.05, 3.63) is 32.5 Å². The van der Waals surface area contributed by atoms with E-state index in [2.05, 4.69) is 345 Å². The van der Waals surface area contributed by atoms with Gasteiger partial charge in [0.1, 0.15) is 52.4 Å². The molecule has 0 aliphatic carbocycles. The van der Waals surface area contributed by atoms with Gasteiger partial charge in [-0.3, -0.25) is 0 Å². The van der Waals surface area contributed by atoms with Crippen LogP contribution in [0.25, 0.3) is 32.5 Å². The van der Waals surface area contributed by atoms with E-state index in [1.165, 1.54) is 52.4 Å². The molecule has 0 rings (SSSR count). The summed E-state index contributed by atoms with van der Waals surface area (Å²) in [5.74, 6) is 0. The molecule has 0 spiro atoms. The Morgan fingerprint density at radius 1 is 0.146 bits per heavy atom. The molecule has 0 aromatic carbocycles. The van der Waals surface area contributed by atoms with Crippen LogP contribution < -0.4 is 290 Å². The molecular weight excluding hydrogens is 1610 g/mol. The Hall–Kier alpha value is 11.2. The predicted molar refractivity (Wildman–Crippen MR) is 454 cm³/mol. The normalized spacial score (nSPS) is 12.2. The van der Waals surface area contributed by atoms with Crippen LogP contribution in [0.15, 0.2) is 0 Å². The molecule has 0 unspecified atom stereocenters. The second-order valence-corrected chi connectivity index (χ2v) is 107. The Morgan fingerprint density at radius 2 is 0.208 bits per heavy atom. The first-order valence-corrected chi connectivity index (χ1v) is 82.2. The molecular formula is C60H178IN13Na8Si14+6. The quantitative estimate of drug-likeness (QED) is 0.0365. The van der Waals surface area contributed by atoms with Crippen molar-refractivity contribution in [2.45, 2.75) is 275 Å². The number of likely N-dealkylation sites (N-methyl/N-ethyl adjacent to an activating group) is 6. The van der Waals surface area contributed by atoms with Gasteiger partial charge in [-0.15, -0.1) is 0 Å². The van der Waals surface area contributed by atoms with Crippen molar-refractivity contribution in [3.63, 3.8) is 0 Å². The molecule has 0 radical (unpaired) electrons. The van der Waals surface area contributed by atoms with Gasteiger partial charge in [0.05, 0.1) is 70.5 Å². The summed E-state index contributed by atoms with van der Waals surface area (Å²) in [6, 6.07) is 0. The van der Waals surface area contributed by atoms with Crippen molar-refractivity contribution in [2.24, 2.45) is 0 Å². The summed E-state index contributed by atoms with van der Waals surface area (Å²) < 4.78 is 33.7. The zero-order valence-corrected chi connectivity index (χ0v) is 111. The van der Waals surface area contributed by atoms with Gasteiger partial charge >= 0.3 is 236 Å². The maximum atomic E-state index is 4.82. The summed E-state index contributed by atoms with van der Waals surface area (Å²) in [5, 5.41) is 0. The average Bonchev–Trinajstić information content (AvgIpc) is 3.06. The summed E-state index contributed by atoms with van der Waals surface area (Å²) in [7, 11) is 6.79. The molecule has 0 aromatic rings. The molecule has 0 aliphatic heterocycles. The van der Waals surface area contributed by atoms with E-state index in [0.717, 1.165) is 0 Å². The van der Waals surface area contributed by atoms with Crippen LogP contribution in [0, 0.1) is 0 Å². The molecule has 96 heavy (non-hydrogen) atoms. The summed E-state index contributed by atoms with van der Waals surface area (Å²) in [6.07, 6.45) is 0. The number of halogens is 1. The van der Waals surface area contributed by atoms with Gasteiger partial charge in [0.25, 0.3) is 0 Å². The third-order valence-corrected chi connectivity index (χ3v) is 46.5. The number of hydrogen-bond donors (Lipinski definition) is 6. The molecule has 0 heterocycles. The SMILES string of the molecule is C[NH+](C)CC[NH+](C)CC[NH+](C)C.C[NH+](C)CC[NH+](C)CC[NH+](C)C.C[Si](C)(C)[N-][Si](C)(C)C.C[Si](C)(C)[N-][Si](C)(C)C.C[Si](C)(C)[N-][Si](C)(C)C.C[Si](C)(C)[N-][Si](C)(C)C.C[Si](C)(C)[N-][Si](C)(C)C.C[Si](C)(C)[N-][Si](C)(C)C.C[Si](C)(C)[N-][Si](C)(C)C.[I-].[Na+].[Na+].[Na+].[Na+].[Na+].[Na+].[Na+].[Na+]. The van der Waals surface area contributed by atoms with Crippen molar-refractivity contribution in [1.29, 1.82) is 0 Å². The largest absolute Gasteiger partial charge is 1.00 e. The van der Waals surface area contributed by atoms with Crippen LogP contribution in [0.1, 0.15) is 0 Å². The monoisotopic (exact) mass is 1780 g/mol. The van der Waals surface area contributed by atoms with E-state index in [-0.39, 0.29) is 260 Å². The van der Waals surface area contributed by atoms with E-state index < -0.39 is 115 Å². The Labute approximate surface area is 821 Å². The first-order chi connectivity index (χ1) is 37.0. The van der Waals surface area contributed by atoms with E-state index >= 15 is 0 Å². The van der Waals surface area contributed by atoms with Crippen molar-refractivity contribution < 1.29 is 290 Å². The fraction of sp³-hybridized carbons (Fsp3) is 1.00. The minimum atomic E-state index is -1.11. The van der Waals surface area contributed by atoms with Gasteiger partial charge < -0.3 is 85.9 Å². The fourth-order valence-electron chi connectivity index (χ4n) is 9.15. The average molecular weight is 1790 g/mol. The molecule has 6 N–H and O–H groups in total. The Kier molecular flexibility index (Phi) is 113. The van der Waals surface area contributed by atoms with Gasteiger partial charge in [0.15, 0.2) is 0 Å². The van der Waals surface area contributed by atoms with Crippen molar-refractivity contribution in [2.75, 3.05) is 123 Å². The fourth-order valence-corrected chi connectivity index (χ4v) is 65.5. The Balaban J connectivity index is -0.0000000441. The molecule has 13 nitrogen and oxygen atoms in total. The molecule has 0 amide bonds. The van der Waals surface area contributed by atoms with Crippen LogP contribution in [-0.2, 0) is 0 Å². The van der Waals surface area contributed by atoms with E-state index in [1.54, 1.807) is 29.4 Å². The van der Waals surface area contributed by atoms with E-state index in [9.17, 15) is 0 Å². The summed E-state index contributed by atoms with van der Waals surface area (Å²) in [5.41, 5.74) is 0. The maximum absolute atomic E-state index is 4.82. The molecule has 36 heteroatoms.